The smallest absolute Gasteiger partial charge is 0.234 e. The Labute approximate surface area is 170 Å². The lowest BCUT2D eigenvalue weighted by Crippen LogP contribution is -2.31. The van der Waals surface area contributed by atoms with E-state index in [0.29, 0.717) is 21.3 Å². The number of benzene rings is 2. The fourth-order valence-electron chi connectivity index (χ4n) is 2.78. The Kier molecular flexibility index (Phi) is 6.34. The molecule has 2 aromatic rings. The molecular weight excluding hydrogens is 401 g/mol. The van der Waals surface area contributed by atoms with Gasteiger partial charge in [-0.05, 0) is 42.0 Å². The highest BCUT2D eigenvalue weighted by atomic mass is 35.5. The Hall–Kier alpha value is -2.82. The zero-order valence-electron chi connectivity index (χ0n) is 14.5. The van der Waals surface area contributed by atoms with Crippen LogP contribution in [0.1, 0.15) is 17.9 Å². The second kappa shape index (κ2) is 8.91. The minimum atomic E-state index is -0.394. The SMILES string of the molecule is N#CC1=C(SCC(=O)Nc2ccc(F)cc2)NC(=O)C[C@@H]1c1ccc(Cl)cc1. The topological polar surface area (TPSA) is 82.0 Å². The van der Waals surface area contributed by atoms with Crippen molar-refractivity contribution in [2.24, 2.45) is 0 Å². The van der Waals surface area contributed by atoms with Crippen LogP contribution in [0.5, 0.6) is 0 Å². The molecule has 0 aromatic heterocycles. The summed E-state index contributed by atoms with van der Waals surface area (Å²) in [5, 5.41) is 15.9. The summed E-state index contributed by atoms with van der Waals surface area (Å²) >= 11 is 6.99. The molecule has 0 aliphatic carbocycles. The predicted molar refractivity (Wildman–Crippen MR) is 107 cm³/mol. The summed E-state index contributed by atoms with van der Waals surface area (Å²) in [5.74, 6) is -1.34. The van der Waals surface area contributed by atoms with Crippen molar-refractivity contribution < 1.29 is 14.0 Å². The summed E-state index contributed by atoms with van der Waals surface area (Å²) in [7, 11) is 0. The van der Waals surface area contributed by atoms with E-state index < -0.39 is 11.7 Å². The van der Waals surface area contributed by atoms with Gasteiger partial charge in [0.15, 0.2) is 0 Å². The summed E-state index contributed by atoms with van der Waals surface area (Å²) < 4.78 is 12.9. The van der Waals surface area contributed by atoms with E-state index in [9.17, 15) is 19.2 Å². The number of halogens is 2. The molecule has 1 aliphatic heterocycles. The van der Waals surface area contributed by atoms with Gasteiger partial charge in [-0.1, -0.05) is 35.5 Å². The molecule has 0 fully saturated rings. The molecule has 1 heterocycles. The Morgan fingerprint density at radius 2 is 1.93 bits per heavy atom. The van der Waals surface area contributed by atoms with Crippen LogP contribution in [0.2, 0.25) is 5.02 Å². The molecule has 0 spiro atoms. The van der Waals surface area contributed by atoms with Crippen LogP contribution in [0.25, 0.3) is 0 Å². The van der Waals surface area contributed by atoms with Gasteiger partial charge in [-0.25, -0.2) is 4.39 Å². The maximum Gasteiger partial charge on any atom is 0.234 e. The van der Waals surface area contributed by atoms with Crippen LogP contribution in [0.15, 0.2) is 59.1 Å². The lowest BCUT2D eigenvalue weighted by molar-refractivity contribution is -0.121. The Bertz CT molecular complexity index is 968. The summed E-state index contributed by atoms with van der Waals surface area (Å²) in [5.41, 5.74) is 1.68. The fourth-order valence-corrected chi connectivity index (χ4v) is 3.78. The number of nitrogens with one attached hydrogen (secondary N) is 2. The van der Waals surface area contributed by atoms with Crippen molar-refractivity contribution in [2.45, 2.75) is 12.3 Å². The van der Waals surface area contributed by atoms with E-state index in [4.69, 9.17) is 11.6 Å². The summed E-state index contributed by atoms with van der Waals surface area (Å²) in [4.78, 5) is 24.3. The zero-order chi connectivity index (χ0) is 20.1. The van der Waals surface area contributed by atoms with Crippen LogP contribution in [0, 0.1) is 17.1 Å². The van der Waals surface area contributed by atoms with E-state index >= 15 is 0 Å². The fraction of sp³-hybridized carbons (Fsp3) is 0.150. The van der Waals surface area contributed by atoms with Gasteiger partial charge in [-0.2, -0.15) is 5.26 Å². The number of thioether (sulfide) groups is 1. The van der Waals surface area contributed by atoms with E-state index in [1.165, 1.54) is 24.3 Å². The largest absolute Gasteiger partial charge is 0.325 e. The minimum Gasteiger partial charge on any atom is -0.325 e. The molecule has 8 heteroatoms. The number of amides is 2. The summed E-state index contributed by atoms with van der Waals surface area (Å²) in [6, 6.07) is 14.5. The number of hydrogen-bond donors (Lipinski definition) is 2. The normalized spacial score (nSPS) is 16.3. The van der Waals surface area contributed by atoms with Gasteiger partial charge in [-0.3, -0.25) is 9.59 Å². The van der Waals surface area contributed by atoms with E-state index in [1.54, 1.807) is 24.3 Å². The number of nitrogens with zero attached hydrogens (tertiary/aromatic N) is 1. The highest BCUT2D eigenvalue weighted by Gasteiger charge is 2.29. The number of nitriles is 1. The van der Waals surface area contributed by atoms with E-state index in [2.05, 4.69) is 16.7 Å². The lowest BCUT2D eigenvalue weighted by atomic mass is 9.87. The van der Waals surface area contributed by atoms with Crippen molar-refractivity contribution in [3.8, 4) is 6.07 Å². The van der Waals surface area contributed by atoms with Gasteiger partial charge >= 0.3 is 0 Å². The van der Waals surface area contributed by atoms with Gasteiger partial charge in [0.2, 0.25) is 11.8 Å². The molecule has 3 rings (SSSR count). The third-order valence-corrected chi connectivity index (χ3v) is 5.37. The maximum absolute atomic E-state index is 12.9. The number of carbonyl (C=O) groups is 2. The van der Waals surface area contributed by atoms with Crippen LogP contribution in [0.3, 0.4) is 0 Å². The standard InChI is InChI=1S/C20H15ClFN3O2S/c21-13-3-1-12(2-4-13)16-9-18(26)25-20(17(16)10-23)28-11-19(27)24-15-7-5-14(22)6-8-15/h1-8,16H,9,11H2,(H,24,27)(H,25,26)/t16-/m1/s1. The van der Waals surface area contributed by atoms with Crippen molar-refractivity contribution in [1.82, 2.24) is 5.32 Å². The number of allylic oxidation sites excluding steroid dienone is 1. The molecule has 142 valence electrons. The maximum atomic E-state index is 12.9. The van der Waals surface area contributed by atoms with Crippen LogP contribution in [0.4, 0.5) is 10.1 Å². The summed E-state index contributed by atoms with van der Waals surface area (Å²) in [6.45, 7) is 0. The molecule has 28 heavy (non-hydrogen) atoms. The monoisotopic (exact) mass is 415 g/mol. The van der Waals surface area contributed by atoms with Gasteiger partial charge in [0.25, 0.3) is 0 Å². The van der Waals surface area contributed by atoms with Crippen molar-refractivity contribution in [3.05, 3.63) is 75.5 Å². The number of carbonyl (C=O) groups excluding carboxylic acids is 2. The van der Waals surface area contributed by atoms with Crippen molar-refractivity contribution in [2.75, 3.05) is 11.1 Å². The second-order valence-electron chi connectivity index (χ2n) is 6.05. The zero-order valence-corrected chi connectivity index (χ0v) is 16.1. The molecule has 2 aromatic carbocycles. The Morgan fingerprint density at radius 3 is 2.57 bits per heavy atom. The quantitative estimate of drug-likeness (QED) is 0.767. The molecule has 1 atom stereocenters. The Morgan fingerprint density at radius 1 is 1.25 bits per heavy atom. The second-order valence-corrected chi connectivity index (χ2v) is 7.48. The third kappa shape index (κ3) is 4.91. The predicted octanol–water partition coefficient (Wildman–Crippen LogP) is 4.19. The molecule has 0 radical (unpaired) electrons. The molecule has 0 bridgehead atoms. The van der Waals surface area contributed by atoms with Gasteiger partial charge in [-0.15, -0.1) is 0 Å². The minimum absolute atomic E-state index is 0.00843. The molecule has 0 unspecified atom stereocenters. The molecule has 0 saturated heterocycles. The lowest BCUT2D eigenvalue weighted by Gasteiger charge is -2.25. The van der Waals surface area contributed by atoms with Gasteiger partial charge in [0, 0.05) is 23.0 Å². The van der Waals surface area contributed by atoms with Crippen LogP contribution >= 0.6 is 23.4 Å². The molecule has 0 saturated carbocycles. The molecular formula is C20H15ClFN3O2S. The highest BCUT2D eigenvalue weighted by Crippen LogP contribution is 2.36. The molecule has 1 aliphatic rings. The summed E-state index contributed by atoms with van der Waals surface area (Å²) in [6.07, 6.45) is 0.149. The first-order valence-electron chi connectivity index (χ1n) is 8.34. The van der Waals surface area contributed by atoms with Crippen molar-refractivity contribution in [3.63, 3.8) is 0 Å². The average Bonchev–Trinajstić information content (AvgIpc) is 2.68. The Balaban J connectivity index is 1.73. The van der Waals surface area contributed by atoms with Gasteiger partial charge in [0.05, 0.1) is 22.4 Å². The number of anilines is 1. The van der Waals surface area contributed by atoms with Crippen molar-refractivity contribution in [1.29, 1.82) is 5.26 Å². The average molecular weight is 416 g/mol. The van der Waals surface area contributed by atoms with Gasteiger partial charge < -0.3 is 10.6 Å². The number of hydrogen-bond acceptors (Lipinski definition) is 4. The van der Waals surface area contributed by atoms with Crippen LogP contribution < -0.4 is 10.6 Å². The highest BCUT2D eigenvalue weighted by molar-refractivity contribution is 8.03. The van der Waals surface area contributed by atoms with Crippen LogP contribution in [-0.2, 0) is 9.59 Å². The third-order valence-electron chi connectivity index (χ3n) is 4.10. The van der Waals surface area contributed by atoms with Crippen molar-refractivity contribution >= 4 is 40.9 Å². The molecule has 2 amide bonds. The number of rotatable bonds is 5. The van der Waals surface area contributed by atoms with Crippen LogP contribution in [-0.4, -0.2) is 17.6 Å². The first-order chi connectivity index (χ1) is 13.5. The van der Waals surface area contributed by atoms with E-state index in [-0.39, 0.29) is 24.0 Å². The van der Waals surface area contributed by atoms with Gasteiger partial charge in [0.1, 0.15) is 5.82 Å². The molecule has 5 nitrogen and oxygen atoms in total. The van der Waals surface area contributed by atoms with E-state index in [1.807, 2.05) is 0 Å². The first-order valence-corrected chi connectivity index (χ1v) is 9.70. The molecule has 2 N–H and O–H groups in total. The first kappa shape index (κ1) is 19.9. The van der Waals surface area contributed by atoms with E-state index in [0.717, 1.165) is 17.3 Å².